The van der Waals surface area contributed by atoms with Crippen molar-refractivity contribution in [2.24, 2.45) is 9.98 Å². The quantitative estimate of drug-likeness (QED) is 0.683. The van der Waals surface area contributed by atoms with E-state index in [1.165, 1.54) is 75.3 Å². The van der Waals surface area contributed by atoms with Gasteiger partial charge in [-0.05, 0) is 42.9 Å². The van der Waals surface area contributed by atoms with Crippen LogP contribution in [0.15, 0.2) is 34.3 Å². The molecule has 1 aromatic carbocycles. The molecule has 2 saturated carbocycles. The van der Waals surface area contributed by atoms with Gasteiger partial charge < -0.3 is 0 Å². The highest BCUT2D eigenvalue weighted by Crippen LogP contribution is 2.21. The topological polar surface area (TPSA) is 24.7 Å². The average Bonchev–Trinajstić information content (AvgIpc) is 2.60. The van der Waals surface area contributed by atoms with Crippen LogP contribution in [0.3, 0.4) is 0 Å². The third-order valence-corrected chi connectivity index (χ3v) is 4.93. The van der Waals surface area contributed by atoms with Crippen molar-refractivity contribution in [2.75, 3.05) is 0 Å². The second-order valence-corrected chi connectivity index (χ2v) is 6.81. The standard InChI is InChI=1S/C20H28N2/c1-3-10-19(11-4-1)21-15-17-8-7-9-18(14-17)16-22-20-12-5-2-6-13-20/h7-9,14-16,19-20H,1-6,10-13H2. The lowest BCUT2D eigenvalue weighted by molar-refractivity contribution is 0.444. The lowest BCUT2D eigenvalue weighted by Gasteiger charge is -2.17. The monoisotopic (exact) mass is 296 g/mol. The fraction of sp³-hybridized carbons (Fsp3) is 0.600. The summed E-state index contributed by atoms with van der Waals surface area (Å²) >= 11 is 0. The zero-order valence-electron chi connectivity index (χ0n) is 13.6. The van der Waals surface area contributed by atoms with Crippen molar-refractivity contribution in [1.29, 1.82) is 0 Å². The molecule has 2 nitrogen and oxygen atoms in total. The smallest absolute Gasteiger partial charge is 0.0499 e. The van der Waals surface area contributed by atoms with Gasteiger partial charge in [0, 0.05) is 24.5 Å². The summed E-state index contributed by atoms with van der Waals surface area (Å²) in [6.45, 7) is 0. The Morgan fingerprint density at radius 2 is 1.14 bits per heavy atom. The number of hydrogen-bond acceptors (Lipinski definition) is 2. The molecule has 0 aromatic heterocycles. The molecule has 118 valence electrons. The number of aliphatic imine (C=N–C) groups is 2. The third kappa shape index (κ3) is 4.79. The van der Waals surface area contributed by atoms with Gasteiger partial charge in [-0.3, -0.25) is 9.98 Å². The van der Waals surface area contributed by atoms with Gasteiger partial charge >= 0.3 is 0 Å². The molecule has 0 spiro atoms. The highest BCUT2D eigenvalue weighted by molar-refractivity contribution is 5.86. The summed E-state index contributed by atoms with van der Waals surface area (Å²) in [5.41, 5.74) is 2.41. The number of benzene rings is 1. The molecule has 0 atom stereocenters. The van der Waals surface area contributed by atoms with E-state index in [1.54, 1.807) is 0 Å². The van der Waals surface area contributed by atoms with Crippen molar-refractivity contribution in [3.8, 4) is 0 Å². The van der Waals surface area contributed by atoms with E-state index < -0.39 is 0 Å². The molecule has 0 aliphatic heterocycles. The Morgan fingerprint density at radius 1 is 0.682 bits per heavy atom. The molecule has 0 N–H and O–H groups in total. The minimum Gasteiger partial charge on any atom is -0.289 e. The highest BCUT2D eigenvalue weighted by atomic mass is 14.8. The Bertz CT molecular complexity index is 463. The second-order valence-electron chi connectivity index (χ2n) is 6.81. The van der Waals surface area contributed by atoms with E-state index >= 15 is 0 Å². The zero-order chi connectivity index (χ0) is 15.0. The van der Waals surface area contributed by atoms with Gasteiger partial charge in [-0.2, -0.15) is 0 Å². The normalized spacial score (nSPS) is 21.8. The number of nitrogens with zero attached hydrogens (tertiary/aromatic N) is 2. The minimum atomic E-state index is 0.549. The molecule has 2 heteroatoms. The molecule has 0 heterocycles. The summed E-state index contributed by atoms with van der Waals surface area (Å²) in [7, 11) is 0. The van der Waals surface area contributed by atoms with Crippen LogP contribution in [0.4, 0.5) is 0 Å². The summed E-state index contributed by atoms with van der Waals surface area (Å²) in [5, 5.41) is 0. The highest BCUT2D eigenvalue weighted by Gasteiger charge is 2.11. The van der Waals surface area contributed by atoms with Gasteiger partial charge in [0.05, 0.1) is 0 Å². The van der Waals surface area contributed by atoms with E-state index in [-0.39, 0.29) is 0 Å². The third-order valence-electron chi connectivity index (χ3n) is 4.93. The van der Waals surface area contributed by atoms with E-state index in [9.17, 15) is 0 Å². The fourth-order valence-electron chi connectivity index (χ4n) is 3.56. The van der Waals surface area contributed by atoms with Crippen LogP contribution in [0.1, 0.15) is 75.3 Å². The molecule has 2 aliphatic rings. The van der Waals surface area contributed by atoms with Crippen LogP contribution in [0.5, 0.6) is 0 Å². The van der Waals surface area contributed by atoms with Crippen LogP contribution in [-0.2, 0) is 0 Å². The van der Waals surface area contributed by atoms with Gasteiger partial charge in [0.25, 0.3) is 0 Å². The SMILES string of the molecule is C(=NC1CCCCC1)c1cccc(C=NC2CCCCC2)c1. The van der Waals surface area contributed by atoms with Gasteiger partial charge in [0.2, 0.25) is 0 Å². The minimum absolute atomic E-state index is 0.549. The first-order valence-electron chi connectivity index (χ1n) is 9.06. The predicted octanol–water partition coefficient (Wildman–Crippen LogP) is 5.19. The first kappa shape index (κ1) is 15.5. The van der Waals surface area contributed by atoms with E-state index in [4.69, 9.17) is 9.98 Å². The predicted molar refractivity (Wildman–Crippen MR) is 95.4 cm³/mol. The summed E-state index contributed by atoms with van der Waals surface area (Å²) < 4.78 is 0. The van der Waals surface area contributed by atoms with Crippen LogP contribution < -0.4 is 0 Å². The van der Waals surface area contributed by atoms with E-state index in [0.717, 1.165) is 0 Å². The maximum atomic E-state index is 4.78. The van der Waals surface area contributed by atoms with Crippen LogP contribution in [-0.4, -0.2) is 24.5 Å². The molecule has 3 rings (SSSR count). The van der Waals surface area contributed by atoms with Gasteiger partial charge in [0.1, 0.15) is 0 Å². The van der Waals surface area contributed by atoms with Crippen molar-refractivity contribution in [1.82, 2.24) is 0 Å². The summed E-state index contributed by atoms with van der Waals surface area (Å²) in [5.74, 6) is 0. The van der Waals surface area contributed by atoms with E-state index in [2.05, 4.69) is 36.7 Å². The van der Waals surface area contributed by atoms with E-state index in [1.807, 2.05) is 0 Å². The molecule has 0 amide bonds. The summed E-state index contributed by atoms with van der Waals surface area (Å²) in [6, 6.07) is 9.71. The van der Waals surface area contributed by atoms with Crippen molar-refractivity contribution < 1.29 is 0 Å². The Balaban J connectivity index is 1.59. The van der Waals surface area contributed by atoms with E-state index in [0.29, 0.717) is 12.1 Å². The summed E-state index contributed by atoms with van der Waals surface area (Å²) in [6.07, 6.45) is 17.3. The Kier molecular flexibility index (Phi) is 5.80. The first-order valence-corrected chi connectivity index (χ1v) is 9.06. The zero-order valence-corrected chi connectivity index (χ0v) is 13.6. The molecule has 22 heavy (non-hydrogen) atoms. The lowest BCUT2D eigenvalue weighted by Crippen LogP contribution is -2.10. The lowest BCUT2D eigenvalue weighted by atomic mass is 9.96. The Labute approximate surface area is 134 Å². The van der Waals surface area contributed by atoms with Gasteiger partial charge in [-0.1, -0.05) is 56.7 Å². The Hall–Kier alpha value is -1.44. The van der Waals surface area contributed by atoms with Crippen LogP contribution >= 0.6 is 0 Å². The molecule has 0 bridgehead atoms. The molecule has 0 unspecified atom stereocenters. The Morgan fingerprint density at radius 3 is 1.59 bits per heavy atom. The second kappa shape index (κ2) is 8.26. The van der Waals surface area contributed by atoms with Gasteiger partial charge in [-0.15, -0.1) is 0 Å². The van der Waals surface area contributed by atoms with Crippen molar-refractivity contribution in [3.63, 3.8) is 0 Å². The molecule has 1 aromatic rings. The molecular formula is C20H28N2. The van der Waals surface area contributed by atoms with Gasteiger partial charge in [0.15, 0.2) is 0 Å². The fourth-order valence-corrected chi connectivity index (χ4v) is 3.56. The molecule has 2 fully saturated rings. The summed E-state index contributed by atoms with van der Waals surface area (Å²) in [4.78, 5) is 9.55. The van der Waals surface area contributed by atoms with Gasteiger partial charge in [-0.25, -0.2) is 0 Å². The molecule has 0 radical (unpaired) electrons. The number of rotatable bonds is 4. The maximum Gasteiger partial charge on any atom is 0.0499 e. The van der Waals surface area contributed by atoms with Crippen molar-refractivity contribution in [2.45, 2.75) is 76.3 Å². The van der Waals surface area contributed by atoms with Crippen LogP contribution in [0, 0.1) is 0 Å². The van der Waals surface area contributed by atoms with Crippen molar-refractivity contribution >= 4 is 12.4 Å². The first-order chi connectivity index (χ1) is 10.9. The number of hydrogen-bond donors (Lipinski definition) is 0. The maximum absolute atomic E-state index is 4.78. The average molecular weight is 296 g/mol. The molecule has 0 saturated heterocycles. The molecular weight excluding hydrogens is 268 g/mol. The largest absolute Gasteiger partial charge is 0.289 e. The van der Waals surface area contributed by atoms with Crippen LogP contribution in [0.25, 0.3) is 0 Å². The van der Waals surface area contributed by atoms with Crippen LogP contribution in [0.2, 0.25) is 0 Å². The van der Waals surface area contributed by atoms with Crippen molar-refractivity contribution in [3.05, 3.63) is 35.4 Å². The molecule has 2 aliphatic carbocycles.